The van der Waals surface area contributed by atoms with Crippen LogP contribution in [0.2, 0.25) is 0 Å². The molecule has 0 bridgehead atoms. The molecule has 0 aromatic carbocycles. The van der Waals surface area contributed by atoms with Gasteiger partial charge >= 0.3 is 11.5 Å². The first-order chi connectivity index (χ1) is 16.9. The van der Waals surface area contributed by atoms with E-state index in [0.717, 1.165) is 38.5 Å². The topological polar surface area (TPSA) is 61.8 Å². The Kier molecular flexibility index (Phi) is 22.1. The number of carbonyl (C=O) groups is 2. The van der Waals surface area contributed by atoms with E-state index in [4.69, 9.17) is 14.2 Å². The van der Waals surface area contributed by atoms with Crippen molar-refractivity contribution in [2.24, 2.45) is 0 Å². The molecule has 0 saturated heterocycles. The van der Waals surface area contributed by atoms with Crippen LogP contribution in [0.5, 0.6) is 0 Å². The number of allylic oxidation sites excluding steroid dienone is 2. The Balaban J connectivity index is 0. The van der Waals surface area contributed by atoms with Crippen molar-refractivity contribution in [3.05, 3.63) is 24.3 Å². The summed E-state index contributed by atoms with van der Waals surface area (Å²) in [7, 11) is 0. The molecule has 2 aliphatic carbocycles. The summed E-state index contributed by atoms with van der Waals surface area (Å²) in [6.07, 6.45) is 18.8. The van der Waals surface area contributed by atoms with Crippen LogP contribution in [-0.2, 0) is 14.2 Å². The highest BCUT2D eigenvalue weighted by atomic mass is 32.2. The summed E-state index contributed by atoms with van der Waals surface area (Å²) in [4.78, 5) is 23.1. The molecule has 0 amide bonds. The predicted octanol–water partition coefficient (Wildman–Crippen LogP) is 10.4. The van der Waals surface area contributed by atoms with Gasteiger partial charge < -0.3 is 14.2 Å². The number of hydrogen-bond donors (Lipinski definition) is 0. The monoisotopic (exact) mass is 528 g/mol. The second kappa shape index (κ2) is 21.6. The van der Waals surface area contributed by atoms with Gasteiger partial charge in [-0.1, -0.05) is 73.5 Å². The molecule has 0 saturated carbocycles. The molecule has 5 nitrogen and oxygen atoms in total. The van der Waals surface area contributed by atoms with E-state index < -0.39 is 11.8 Å². The van der Waals surface area contributed by atoms with Crippen molar-refractivity contribution in [3.63, 3.8) is 0 Å². The van der Waals surface area contributed by atoms with Crippen LogP contribution in [0.25, 0.3) is 0 Å². The third-order valence-corrected chi connectivity index (χ3v) is 5.57. The fraction of sp³-hybridized carbons (Fsp3) is 0.800. The van der Waals surface area contributed by atoms with E-state index in [9.17, 15) is 9.59 Å². The zero-order chi connectivity index (χ0) is 28.0. The third-order valence-electron chi connectivity index (χ3n) is 4.69. The van der Waals surface area contributed by atoms with Gasteiger partial charge in [0.15, 0.2) is 0 Å². The first-order valence-electron chi connectivity index (χ1n) is 14.1. The minimum Gasteiger partial charge on any atom is -0.450 e. The molecule has 0 aromatic rings. The normalized spacial score (nSPS) is 21.8. The Bertz CT molecular complexity index is 560. The number of hydrogen-bond acceptors (Lipinski definition) is 6. The van der Waals surface area contributed by atoms with Crippen molar-refractivity contribution < 1.29 is 23.8 Å². The molecular weight excluding hydrogens is 472 g/mol. The highest BCUT2D eigenvalue weighted by Gasteiger charge is 2.21. The highest BCUT2D eigenvalue weighted by molar-refractivity contribution is 8.14. The second-order valence-electron chi connectivity index (χ2n) is 10.4. The molecule has 0 aromatic heterocycles. The number of thioether (sulfide) groups is 1. The van der Waals surface area contributed by atoms with Crippen LogP contribution in [0.4, 0.5) is 9.59 Å². The van der Waals surface area contributed by atoms with Crippen molar-refractivity contribution in [3.8, 4) is 0 Å². The molecule has 0 fully saturated rings. The van der Waals surface area contributed by atoms with E-state index in [2.05, 4.69) is 12.2 Å². The number of rotatable bonds is 2. The lowest BCUT2D eigenvalue weighted by Gasteiger charge is -2.21. The largest absolute Gasteiger partial charge is 0.509 e. The van der Waals surface area contributed by atoms with Crippen LogP contribution < -0.4 is 0 Å². The zero-order valence-corrected chi connectivity index (χ0v) is 25.8. The van der Waals surface area contributed by atoms with E-state index in [-0.39, 0.29) is 22.3 Å². The van der Waals surface area contributed by atoms with Crippen molar-refractivity contribution in [1.29, 1.82) is 0 Å². The Morgan fingerprint density at radius 2 is 1.14 bits per heavy atom. The summed E-state index contributed by atoms with van der Waals surface area (Å²) in [5, 5.41) is -0.150. The van der Waals surface area contributed by atoms with E-state index >= 15 is 0 Å². The quantitative estimate of drug-likeness (QED) is 0.262. The number of ether oxygens (including phenoxy) is 3. The van der Waals surface area contributed by atoms with E-state index in [0.29, 0.717) is 0 Å². The standard InChI is InChI=1S/C13H22O3.C13H22O2S.2C2H6/c2*1-13(2,3)16-12(14)15-11-9-7-5-4-6-8-10-11;2*1-2/h2*7,9,11H,4-6,8,10H2,1-3H3;2*1-2H3/b2*9-7+;;. The van der Waals surface area contributed by atoms with Crippen molar-refractivity contribution in [1.82, 2.24) is 0 Å². The Morgan fingerprint density at radius 3 is 1.56 bits per heavy atom. The fourth-order valence-corrected chi connectivity index (χ4v) is 3.92. The smallest absolute Gasteiger partial charge is 0.450 e. The molecule has 2 rings (SSSR count). The Hall–Kier alpha value is -1.43. The molecule has 36 heavy (non-hydrogen) atoms. The minimum atomic E-state index is -0.567. The van der Waals surface area contributed by atoms with Gasteiger partial charge in [-0.2, -0.15) is 0 Å². The summed E-state index contributed by atoms with van der Waals surface area (Å²) >= 11 is 1.27. The van der Waals surface area contributed by atoms with Crippen LogP contribution in [0, 0.1) is 0 Å². The Morgan fingerprint density at radius 1 is 0.694 bits per heavy atom. The minimum absolute atomic E-state index is 0.0114. The molecular formula is C30H56O5S. The average Bonchev–Trinajstić information content (AvgIpc) is 2.73. The molecule has 0 spiro atoms. The van der Waals surface area contributed by atoms with Gasteiger partial charge in [-0.15, -0.1) is 0 Å². The molecule has 0 radical (unpaired) electrons. The zero-order valence-electron chi connectivity index (χ0n) is 25.0. The van der Waals surface area contributed by atoms with Gasteiger partial charge in [0.1, 0.15) is 17.8 Å². The summed E-state index contributed by atoms with van der Waals surface area (Å²) in [5.41, 5.74) is -0.484. The van der Waals surface area contributed by atoms with Crippen LogP contribution in [-0.4, -0.2) is 34.0 Å². The molecule has 212 valence electrons. The highest BCUT2D eigenvalue weighted by Crippen LogP contribution is 2.27. The van der Waals surface area contributed by atoms with Gasteiger partial charge in [0.25, 0.3) is 0 Å². The molecule has 2 aliphatic rings. The van der Waals surface area contributed by atoms with Gasteiger partial charge in [0.2, 0.25) is 0 Å². The Labute approximate surface area is 227 Å². The lowest BCUT2D eigenvalue weighted by Crippen LogP contribution is -2.27. The van der Waals surface area contributed by atoms with E-state index in [1.807, 2.05) is 81.4 Å². The van der Waals surface area contributed by atoms with Gasteiger partial charge in [-0.05, 0) is 96.1 Å². The SMILES string of the molecule is CC.CC.CC(C)(C)OC(=O)OC1/C=C/CCCCC1.CC(C)(C)SC(=O)OC1/C=C/CCCCC1. The van der Waals surface area contributed by atoms with Crippen LogP contribution >= 0.6 is 11.8 Å². The van der Waals surface area contributed by atoms with Gasteiger partial charge in [0.05, 0.1) is 0 Å². The third kappa shape index (κ3) is 24.3. The summed E-state index contributed by atoms with van der Waals surface area (Å²) in [6.45, 7) is 19.6. The second-order valence-corrected chi connectivity index (χ2v) is 12.1. The van der Waals surface area contributed by atoms with Gasteiger partial charge in [-0.3, -0.25) is 0 Å². The average molecular weight is 529 g/mol. The summed E-state index contributed by atoms with van der Waals surface area (Å²) < 4.78 is 15.7. The summed E-state index contributed by atoms with van der Waals surface area (Å²) in [6, 6.07) is 0. The van der Waals surface area contributed by atoms with E-state index in [1.54, 1.807) is 0 Å². The van der Waals surface area contributed by atoms with Crippen molar-refractivity contribution in [2.75, 3.05) is 0 Å². The number of carbonyl (C=O) groups excluding carboxylic acids is 2. The molecule has 0 aliphatic heterocycles. The molecule has 2 atom stereocenters. The lowest BCUT2D eigenvalue weighted by atomic mass is 10.0. The molecule has 6 heteroatoms. The van der Waals surface area contributed by atoms with Crippen molar-refractivity contribution in [2.45, 2.75) is 156 Å². The first kappa shape index (κ1) is 36.7. The maximum absolute atomic E-state index is 11.6. The van der Waals surface area contributed by atoms with Crippen LogP contribution in [0.3, 0.4) is 0 Å². The van der Waals surface area contributed by atoms with Gasteiger partial charge in [-0.25, -0.2) is 9.59 Å². The maximum atomic E-state index is 11.6. The van der Waals surface area contributed by atoms with Crippen LogP contribution in [0.1, 0.15) is 133 Å². The summed E-state index contributed by atoms with van der Waals surface area (Å²) in [5.74, 6) is 0. The first-order valence-corrected chi connectivity index (χ1v) is 14.9. The lowest BCUT2D eigenvalue weighted by molar-refractivity contribution is -0.0199. The van der Waals surface area contributed by atoms with Crippen LogP contribution in [0.15, 0.2) is 24.3 Å². The van der Waals surface area contributed by atoms with Gasteiger partial charge in [0, 0.05) is 4.75 Å². The molecule has 2 unspecified atom stereocenters. The van der Waals surface area contributed by atoms with Crippen molar-refractivity contribution >= 4 is 23.2 Å². The maximum Gasteiger partial charge on any atom is 0.509 e. The molecule has 0 heterocycles. The fourth-order valence-electron chi connectivity index (χ4n) is 3.25. The molecule has 0 N–H and O–H groups in total. The predicted molar refractivity (Wildman–Crippen MR) is 156 cm³/mol. The van der Waals surface area contributed by atoms with E-state index in [1.165, 1.54) is 37.4 Å².